The van der Waals surface area contributed by atoms with E-state index in [2.05, 4.69) is 21.8 Å². The van der Waals surface area contributed by atoms with Crippen molar-refractivity contribution in [1.82, 2.24) is 9.88 Å². The Labute approximate surface area is 110 Å². The van der Waals surface area contributed by atoms with E-state index in [1.54, 1.807) is 11.3 Å². The molecule has 4 nitrogen and oxygen atoms in total. The summed E-state index contributed by atoms with van der Waals surface area (Å²) in [7, 11) is 0. The molecule has 1 aliphatic rings. The summed E-state index contributed by atoms with van der Waals surface area (Å²) in [5, 5.41) is 3.14. The second-order valence-electron chi connectivity index (χ2n) is 4.07. The summed E-state index contributed by atoms with van der Waals surface area (Å²) in [5.41, 5.74) is 6.00. The quantitative estimate of drug-likeness (QED) is 0.670. The second-order valence-corrected chi connectivity index (χ2v) is 6.22. The van der Waals surface area contributed by atoms with Crippen molar-refractivity contribution in [3.8, 4) is 0 Å². The van der Waals surface area contributed by atoms with Crippen LogP contribution in [0.4, 0.5) is 0 Å². The molecule has 2 heterocycles. The fourth-order valence-electron chi connectivity index (χ4n) is 1.68. The van der Waals surface area contributed by atoms with Crippen molar-refractivity contribution in [2.75, 3.05) is 31.1 Å². The molecule has 6 heteroatoms. The number of hydrogen-bond donors (Lipinski definition) is 1. The van der Waals surface area contributed by atoms with Gasteiger partial charge >= 0.3 is 0 Å². The molecule has 1 atom stereocenters. The van der Waals surface area contributed by atoms with Crippen LogP contribution in [0, 0.1) is 0 Å². The number of thioether (sulfide) groups is 1. The number of nitrogens with two attached hydrogens (primary N) is 1. The Morgan fingerprint density at radius 1 is 1.59 bits per heavy atom. The Morgan fingerprint density at radius 3 is 3.00 bits per heavy atom. The van der Waals surface area contributed by atoms with Crippen molar-refractivity contribution in [2.24, 2.45) is 10.7 Å². The van der Waals surface area contributed by atoms with Gasteiger partial charge in [0, 0.05) is 42.1 Å². The number of nitrogens with zero attached hydrogens (tertiary/aromatic N) is 3. The van der Waals surface area contributed by atoms with Gasteiger partial charge in [0.1, 0.15) is 0 Å². The molecule has 1 aliphatic heterocycles. The van der Waals surface area contributed by atoms with Crippen LogP contribution in [-0.4, -0.2) is 47.0 Å². The van der Waals surface area contributed by atoms with Gasteiger partial charge in [-0.2, -0.15) is 11.8 Å². The van der Waals surface area contributed by atoms with Crippen LogP contribution >= 0.6 is 23.1 Å². The highest BCUT2D eigenvalue weighted by molar-refractivity contribution is 7.99. The molecule has 2 N–H and O–H groups in total. The Bertz CT molecular complexity index is 358. The Kier molecular flexibility index (Phi) is 4.67. The maximum absolute atomic E-state index is 6.00. The van der Waals surface area contributed by atoms with Gasteiger partial charge in [-0.05, 0) is 0 Å². The minimum atomic E-state index is 0.354. The highest BCUT2D eigenvalue weighted by Crippen LogP contribution is 2.17. The number of guanidine groups is 1. The molecule has 0 radical (unpaired) electrons. The minimum Gasteiger partial charge on any atom is -0.370 e. The average Bonchev–Trinajstić information content (AvgIpc) is 2.90. The normalized spacial score (nSPS) is 19.4. The van der Waals surface area contributed by atoms with Crippen molar-refractivity contribution in [3.05, 3.63) is 16.6 Å². The van der Waals surface area contributed by atoms with Crippen LogP contribution in [0.15, 0.2) is 16.6 Å². The van der Waals surface area contributed by atoms with Crippen molar-refractivity contribution in [1.29, 1.82) is 0 Å². The molecule has 17 heavy (non-hydrogen) atoms. The molecule has 0 spiro atoms. The van der Waals surface area contributed by atoms with E-state index < -0.39 is 0 Å². The van der Waals surface area contributed by atoms with Crippen LogP contribution in [0.3, 0.4) is 0 Å². The summed E-state index contributed by atoms with van der Waals surface area (Å²) in [6.07, 6.45) is 1.84. The standard InChI is InChI=1S/C11H18N4S2/c1-9(10-13-2-5-17-10)8-14-11(12)15-3-6-16-7-4-15/h2,5,9H,3-4,6-8H2,1H3,(H2,12,14). The zero-order chi connectivity index (χ0) is 12.1. The van der Waals surface area contributed by atoms with E-state index >= 15 is 0 Å². The van der Waals surface area contributed by atoms with Gasteiger partial charge in [-0.1, -0.05) is 6.92 Å². The fraction of sp³-hybridized carbons (Fsp3) is 0.636. The van der Waals surface area contributed by atoms with E-state index in [9.17, 15) is 0 Å². The monoisotopic (exact) mass is 270 g/mol. The Hall–Kier alpha value is -0.750. The molecule has 1 saturated heterocycles. The first-order chi connectivity index (χ1) is 8.27. The zero-order valence-electron chi connectivity index (χ0n) is 10.0. The summed E-state index contributed by atoms with van der Waals surface area (Å²) in [5.74, 6) is 3.35. The Balaban J connectivity index is 1.86. The average molecular weight is 270 g/mol. The highest BCUT2D eigenvalue weighted by Gasteiger charge is 2.13. The summed E-state index contributed by atoms with van der Waals surface area (Å²) >= 11 is 3.66. The smallest absolute Gasteiger partial charge is 0.191 e. The molecular formula is C11H18N4S2. The van der Waals surface area contributed by atoms with E-state index in [1.807, 2.05) is 23.3 Å². The van der Waals surface area contributed by atoms with Crippen LogP contribution in [-0.2, 0) is 0 Å². The van der Waals surface area contributed by atoms with Gasteiger partial charge in [0.15, 0.2) is 5.96 Å². The molecule has 1 aromatic heterocycles. The third-order valence-corrected chi connectivity index (χ3v) is 4.68. The van der Waals surface area contributed by atoms with E-state index in [1.165, 1.54) is 0 Å². The number of hydrogen-bond acceptors (Lipinski definition) is 4. The van der Waals surface area contributed by atoms with E-state index in [0.717, 1.165) is 36.1 Å². The van der Waals surface area contributed by atoms with E-state index in [4.69, 9.17) is 5.73 Å². The minimum absolute atomic E-state index is 0.354. The lowest BCUT2D eigenvalue weighted by molar-refractivity contribution is 0.455. The second kappa shape index (κ2) is 6.26. The number of aliphatic imine (C=N–C) groups is 1. The van der Waals surface area contributed by atoms with Crippen LogP contribution in [0.1, 0.15) is 17.8 Å². The zero-order valence-corrected chi connectivity index (χ0v) is 11.6. The molecule has 0 aromatic carbocycles. The van der Waals surface area contributed by atoms with Crippen molar-refractivity contribution in [3.63, 3.8) is 0 Å². The van der Waals surface area contributed by atoms with Crippen LogP contribution in [0.5, 0.6) is 0 Å². The van der Waals surface area contributed by atoms with Crippen molar-refractivity contribution >= 4 is 29.1 Å². The SMILES string of the molecule is CC(CN=C(N)N1CCSCC1)c1nccs1. The maximum atomic E-state index is 6.00. The van der Waals surface area contributed by atoms with Crippen LogP contribution in [0.2, 0.25) is 0 Å². The molecule has 2 rings (SSSR count). The molecule has 1 fully saturated rings. The molecule has 1 aromatic rings. The summed E-state index contributed by atoms with van der Waals surface area (Å²) in [6, 6.07) is 0. The van der Waals surface area contributed by atoms with Gasteiger partial charge in [-0.15, -0.1) is 11.3 Å². The van der Waals surface area contributed by atoms with Crippen LogP contribution in [0.25, 0.3) is 0 Å². The lowest BCUT2D eigenvalue weighted by Gasteiger charge is -2.27. The number of thiazole rings is 1. The largest absolute Gasteiger partial charge is 0.370 e. The third-order valence-electron chi connectivity index (χ3n) is 2.74. The third kappa shape index (κ3) is 3.61. The van der Waals surface area contributed by atoms with Gasteiger partial charge in [0.05, 0.1) is 11.6 Å². The molecule has 0 saturated carbocycles. The first-order valence-electron chi connectivity index (χ1n) is 5.79. The van der Waals surface area contributed by atoms with E-state index in [-0.39, 0.29) is 0 Å². The van der Waals surface area contributed by atoms with Gasteiger partial charge in [0.2, 0.25) is 0 Å². The molecule has 0 amide bonds. The lowest BCUT2D eigenvalue weighted by Crippen LogP contribution is -2.42. The van der Waals surface area contributed by atoms with Gasteiger partial charge in [0.25, 0.3) is 0 Å². The molecule has 0 bridgehead atoms. The first-order valence-corrected chi connectivity index (χ1v) is 7.83. The van der Waals surface area contributed by atoms with Gasteiger partial charge in [-0.25, -0.2) is 4.98 Å². The lowest BCUT2D eigenvalue weighted by atomic mass is 10.2. The number of rotatable bonds is 3. The summed E-state index contributed by atoms with van der Waals surface area (Å²) < 4.78 is 0. The Morgan fingerprint density at radius 2 is 2.35 bits per heavy atom. The van der Waals surface area contributed by atoms with E-state index in [0.29, 0.717) is 11.9 Å². The van der Waals surface area contributed by atoms with Gasteiger partial charge in [-0.3, -0.25) is 4.99 Å². The van der Waals surface area contributed by atoms with Crippen molar-refractivity contribution < 1.29 is 0 Å². The van der Waals surface area contributed by atoms with Gasteiger partial charge < -0.3 is 10.6 Å². The topological polar surface area (TPSA) is 54.5 Å². The molecule has 94 valence electrons. The predicted molar refractivity (Wildman–Crippen MR) is 75.9 cm³/mol. The fourth-order valence-corrected chi connectivity index (χ4v) is 3.27. The molecule has 0 aliphatic carbocycles. The molecule has 1 unspecified atom stereocenters. The number of aromatic nitrogens is 1. The summed E-state index contributed by atoms with van der Waals surface area (Å²) in [6.45, 7) is 4.90. The first kappa shape index (κ1) is 12.7. The predicted octanol–water partition coefficient (Wildman–Crippen LogP) is 1.61. The van der Waals surface area contributed by atoms with Crippen LogP contribution < -0.4 is 5.73 Å². The maximum Gasteiger partial charge on any atom is 0.191 e. The highest BCUT2D eigenvalue weighted by atomic mass is 32.2. The van der Waals surface area contributed by atoms with Crippen molar-refractivity contribution in [2.45, 2.75) is 12.8 Å². The molecular weight excluding hydrogens is 252 g/mol. The summed E-state index contributed by atoms with van der Waals surface area (Å²) in [4.78, 5) is 11.0.